The maximum atomic E-state index is 11.6. The molecule has 0 aliphatic heterocycles. The lowest BCUT2D eigenvalue weighted by Gasteiger charge is -2.13. The van der Waals surface area contributed by atoms with Crippen LogP contribution in [0.25, 0.3) is 0 Å². The highest BCUT2D eigenvalue weighted by Crippen LogP contribution is 1.98. The Kier molecular flexibility index (Phi) is 9.11. The smallest absolute Gasteiger partial charge is 0.462 e. The third kappa shape index (κ3) is 9.41. The number of carboxylic acid groups (broad SMARTS) is 1. The number of aliphatic carboxylic acids is 1. The molecule has 0 aromatic carbocycles. The van der Waals surface area contributed by atoms with Gasteiger partial charge in [-0.2, -0.15) is 5.90 Å². The molecule has 0 aromatic rings. The minimum Gasteiger partial charge on any atom is -0.481 e. The molecule has 0 bridgehead atoms. The van der Waals surface area contributed by atoms with Crippen LogP contribution in [-0.2, 0) is 38.2 Å². The van der Waals surface area contributed by atoms with Gasteiger partial charge in [-0.15, -0.1) is 0 Å². The Bertz CT molecular complexity index is 501. The Hall–Kier alpha value is -3.15. The zero-order chi connectivity index (χ0) is 17.8. The van der Waals surface area contributed by atoms with E-state index in [1.54, 1.807) is 0 Å². The van der Waals surface area contributed by atoms with E-state index in [9.17, 15) is 24.0 Å². The third-order valence-corrected chi connectivity index (χ3v) is 2.05. The topological polar surface area (TPSA) is 182 Å². The van der Waals surface area contributed by atoms with Gasteiger partial charge in [-0.3, -0.25) is 9.63 Å². The van der Waals surface area contributed by atoms with Crippen LogP contribution in [0.4, 0.5) is 4.79 Å². The molecule has 0 rings (SSSR count). The number of methoxy groups -OCH3 is 1. The summed E-state index contributed by atoms with van der Waals surface area (Å²) >= 11 is 0. The molecule has 23 heavy (non-hydrogen) atoms. The lowest BCUT2D eigenvalue weighted by Crippen LogP contribution is -2.56. The van der Waals surface area contributed by atoms with Gasteiger partial charge in [-0.25, -0.2) is 19.2 Å². The van der Waals surface area contributed by atoms with Crippen LogP contribution >= 0.6 is 0 Å². The highest BCUT2D eigenvalue weighted by molar-refractivity contribution is 5.91. The van der Waals surface area contributed by atoms with Crippen molar-refractivity contribution in [3.63, 3.8) is 0 Å². The summed E-state index contributed by atoms with van der Waals surface area (Å²) in [5.74, 6) is -1.60. The van der Waals surface area contributed by atoms with Gasteiger partial charge in [0.2, 0.25) is 6.79 Å². The molecular formula is C11H15N2O10+. The van der Waals surface area contributed by atoms with E-state index < -0.39 is 49.2 Å². The van der Waals surface area contributed by atoms with Crippen molar-refractivity contribution in [3.8, 4) is 0 Å². The first-order valence-electron chi connectivity index (χ1n) is 5.83. The van der Waals surface area contributed by atoms with E-state index in [-0.39, 0.29) is 0 Å². The van der Waals surface area contributed by atoms with E-state index >= 15 is 0 Å². The molecule has 0 aromatic heterocycles. The SMILES string of the molecule is COC(=O)/C=C/C(=O)OCOC(=O)[C@H](CC(=O)O)NC(=O)O[NH3+]. The van der Waals surface area contributed by atoms with E-state index in [0.29, 0.717) is 0 Å². The number of rotatable bonds is 8. The highest BCUT2D eigenvalue weighted by atomic mass is 16.7. The average Bonchev–Trinajstić information content (AvgIpc) is 2.50. The standard InChI is InChI=1S/C11H14N2O10/c1-20-8(16)2-3-9(17)21-5-22-10(18)6(4-7(14)15)13-11(19)23-12/h2-3,6H,4-5H2,1,12H3,(H-,13,14,15,19)/p+1/b3-2+/t6-/m0/s1. The predicted molar refractivity (Wildman–Crippen MR) is 66.8 cm³/mol. The molecule has 0 heterocycles. The molecule has 1 amide bonds. The lowest BCUT2D eigenvalue weighted by atomic mass is 10.2. The Morgan fingerprint density at radius 3 is 2.26 bits per heavy atom. The van der Waals surface area contributed by atoms with Crippen LogP contribution in [0, 0.1) is 0 Å². The molecule has 12 nitrogen and oxygen atoms in total. The quantitative estimate of drug-likeness (QED) is 0.185. The first kappa shape index (κ1) is 19.8. The normalized spacial score (nSPS) is 11.2. The molecule has 0 aliphatic carbocycles. The fraction of sp³-hybridized carbons (Fsp3) is 0.364. The van der Waals surface area contributed by atoms with Gasteiger partial charge in [0, 0.05) is 12.2 Å². The molecule has 0 spiro atoms. The van der Waals surface area contributed by atoms with Crippen molar-refractivity contribution in [2.24, 2.45) is 0 Å². The third-order valence-electron chi connectivity index (χ3n) is 2.05. The second kappa shape index (κ2) is 10.6. The highest BCUT2D eigenvalue weighted by Gasteiger charge is 2.26. The number of carbonyl (C=O) groups is 5. The van der Waals surface area contributed by atoms with Gasteiger partial charge in [-0.05, 0) is 0 Å². The number of hydrogen-bond acceptors (Lipinski definition) is 9. The van der Waals surface area contributed by atoms with Crippen LogP contribution in [0.1, 0.15) is 6.42 Å². The number of amides is 1. The molecule has 0 unspecified atom stereocenters. The summed E-state index contributed by atoms with van der Waals surface area (Å²) in [5, 5.41) is 10.5. The van der Waals surface area contributed by atoms with Gasteiger partial charge in [0.05, 0.1) is 13.5 Å². The average molecular weight is 335 g/mol. The first-order chi connectivity index (χ1) is 10.8. The molecule has 0 saturated carbocycles. The number of carboxylic acids is 1. The summed E-state index contributed by atoms with van der Waals surface area (Å²) in [4.78, 5) is 58.9. The Balaban J connectivity index is 4.38. The van der Waals surface area contributed by atoms with Crippen molar-refractivity contribution < 1.29 is 54.0 Å². The molecule has 0 fully saturated rings. The number of ether oxygens (including phenoxy) is 3. The molecule has 0 radical (unpaired) electrons. The largest absolute Gasteiger partial charge is 0.481 e. The fourth-order valence-corrected chi connectivity index (χ4v) is 1.05. The van der Waals surface area contributed by atoms with Crippen LogP contribution in [0.5, 0.6) is 0 Å². The number of carbonyl (C=O) groups excluding carboxylic acids is 4. The van der Waals surface area contributed by atoms with Gasteiger partial charge >= 0.3 is 30.0 Å². The van der Waals surface area contributed by atoms with Crippen molar-refractivity contribution in [2.75, 3.05) is 13.9 Å². The maximum Gasteiger partial charge on any atom is 0.462 e. The minimum atomic E-state index is -1.56. The van der Waals surface area contributed by atoms with E-state index in [2.05, 4.69) is 24.9 Å². The zero-order valence-corrected chi connectivity index (χ0v) is 12.0. The van der Waals surface area contributed by atoms with Crippen LogP contribution < -0.4 is 11.2 Å². The van der Waals surface area contributed by atoms with Gasteiger partial charge in [0.15, 0.2) is 0 Å². The first-order valence-corrected chi connectivity index (χ1v) is 5.83. The van der Waals surface area contributed by atoms with Gasteiger partial charge in [0.25, 0.3) is 0 Å². The van der Waals surface area contributed by atoms with Crippen LogP contribution in [-0.4, -0.2) is 55.0 Å². The summed E-state index contributed by atoms with van der Waals surface area (Å²) in [5.41, 5.74) is 0. The monoisotopic (exact) mass is 335 g/mol. The van der Waals surface area contributed by atoms with E-state index in [4.69, 9.17) is 5.11 Å². The predicted octanol–water partition coefficient (Wildman–Crippen LogP) is -2.51. The molecule has 128 valence electrons. The number of esters is 3. The van der Waals surface area contributed by atoms with Crippen LogP contribution in [0.15, 0.2) is 12.2 Å². The second-order valence-electron chi connectivity index (χ2n) is 3.63. The minimum absolute atomic E-state index is 0.729. The summed E-state index contributed by atoms with van der Waals surface area (Å²) in [6, 6.07) is -1.56. The molecule has 12 heteroatoms. The molecule has 0 aliphatic rings. The fourth-order valence-electron chi connectivity index (χ4n) is 1.05. The maximum absolute atomic E-state index is 11.6. The molecule has 0 saturated heterocycles. The molecule has 5 N–H and O–H groups in total. The van der Waals surface area contributed by atoms with Gasteiger partial charge in [-0.1, -0.05) is 0 Å². The summed E-state index contributed by atoms with van der Waals surface area (Å²) in [6.45, 7) is -0.861. The van der Waals surface area contributed by atoms with E-state index in [1.165, 1.54) is 0 Å². The van der Waals surface area contributed by atoms with Gasteiger partial charge < -0.3 is 24.6 Å². The number of quaternary nitrogens is 1. The number of nitrogens with one attached hydrogen (secondary N) is 1. The van der Waals surface area contributed by atoms with Crippen molar-refractivity contribution in [2.45, 2.75) is 12.5 Å². The molecular weight excluding hydrogens is 320 g/mol. The van der Waals surface area contributed by atoms with Crippen molar-refractivity contribution in [3.05, 3.63) is 12.2 Å². The van der Waals surface area contributed by atoms with E-state index in [0.717, 1.165) is 19.3 Å². The summed E-state index contributed by atoms with van der Waals surface area (Å²) in [7, 11) is 1.10. The van der Waals surface area contributed by atoms with E-state index in [1.807, 2.05) is 5.32 Å². The van der Waals surface area contributed by atoms with Crippen molar-refractivity contribution >= 4 is 30.0 Å². The Morgan fingerprint density at radius 1 is 1.13 bits per heavy atom. The van der Waals surface area contributed by atoms with Crippen molar-refractivity contribution in [1.82, 2.24) is 5.32 Å². The Labute approximate surface area is 129 Å². The summed E-state index contributed by atoms with van der Waals surface area (Å²) < 4.78 is 13.1. The zero-order valence-electron chi connectivity index (χ0n) is 12.0. The van der Waals surface area contributed by atoms with Gasteiger partial charge in [0.1, 0.15) is 6.04 Å². The number of hydrogen-bond donors (Lipinski definition) is 3. The molecule has 1 atom stereocenters. The lowest BCUT2D eigenvalue weighted by molar-refractivity contribution is -0.654. The van der Waals surface area contributed by atoms with Crippen LogP contribution in [0.3, 0.4) is 0 Å². The van der Waals surface area contributed by atoms with Crippen LogP contribution in [0.2, 0.25) is 0 Å². The van der Waals surface area contributed by atoms with Crippen molar-refractivity contribution in [1.29, 1.82) is 0 Å². The second-order valence-corrected chi connectivity index (χ2v) is 3.63. The summed E-state index contributed by atoms with van der Waals surface area (Å²) in [6.07, 6.45) is -0.425. The Morgan fingerprint density at radius 2 is 1.74 bits per heavy atom.